The highest BCUT2D eigenvalue weighted by Crippen LogP contribution is 2.07. The van der Waals surface area contributed by atoms with Crippen LogP contribution in [-0.2, 0) is 17.9 Å². The molecule has 21 heavy (non-hydrogen) atoms. The molecule has 0 saturated heterocycles. The van der Waals surface area contributed by atoms with Gasteiger partial charge < -0.3 is 4.74 Å². The average molecular weight is 285 g/mol. The van der Waals surface area contributed by atoms with Gasteiger partial charge in [-0.25, -0.2) is 9.48 Å². The summed E-state index contributed by atoms with van der Waals surface area (Å²) >= 11 is 0. The number of nitriles is 1. The molecule has 0 aliphatic heterocycles. The molecule has 0 unspecified atom stereocenters. The first-order chi connectivity index (χ1) is 10.2. The summed E-state index contributed by atoms with van der Waals surface area (Å²) in [7, 11) is 0. The first-order valence-corrected chi connectivity index (χ1v) is 6.67. The van der Waals surface area contributed by atoms with Crippen LogP contribution in [0.5, 0.6) is 0 Å². The zero-order valence-electron chi connectivity index (χ0n) is 11.7. The van der Waals surface area contributed by atoms with Gasteiger partial charge in [-0.15, -0.1) is 5.10 Å². The van der Waals surface area contributed by atoms with Crippen molar-refractivity contribution in [3.63, 3.8) is 0 Å². The summed E-state index contributed by atoms with van der Waals surface area (Å²) in [4.78, 5) is 11.9. The maximum atomic E-state index is 11.9. The third-order valence-corrected chi connectivity index (χ3v) is 2.89. The van der Waals surface area contributed by atoms with E-state index in [9.17, 15) is 4.79 Å². The summed E-state index contributed by atoms with van der Waals surface area (Å²) < 4.78 is 6.81. The van der Waals surface area contributed by atoms with Crippen LogP contribution in [0.2, 0.25) is 0 Å². The lowest BCUT2D eigenvalue weighted by atomic mass is 10.1. The molecular formula is C14H15N5O2. The first kappa shape index (κ1) is 14.7. The Bertz CT molecular complexity index is 659. The Labute approximate surface area is 122 Å². The van der Waals surface area contributed by atoms with Crippen LogP contribution in [0.15, 0.2) is 24.3 Å². The molecule has 1 aromatic heterocycles. The van der Waals surface area contributed by atoms with Gasteiger partial charge in [0.1, 0.15) is 0 Å². The molecule has 0 N–H and O–H groups in total. The number of hydrogen-bond donors (Lipinski definition) is 0. The number of esters is 1. The van der Waals surface area contributed by atoms with Gasteiger partial charge in [0.15, 0.2) is 12.4 Å². The molecule has 0 bridgehead atoms. The Morgan fingerprint density at radius 2 is 2.33 bits per heavy atom. The fourth-order valence-electron chi connectivity index (χ4n) is 1.74. The van der Waals surface area contributed by atoms with Gasteiger partial charge in [-0.3, -0.25) is 0 Å². The summed E-state index contributed by atoms with van der Waals surface area (Å²) in [6, 6.07) is 8.34. The number of benzene rings is 1. The number of ether oxygens (including phenoxy) is 1. The van der Waals surface area contributed by atoms with Crippen molar-refractivity contribution in [1.29, 1.82) is 5.26 Å². The molecule has 0 saturated carbocycles. The highest BCUT2D eigenvalue weighted by atomic mass is 16.5. The highest BCUT2D eigenvalue weighted by molar-refractivity contribution is 5.89. The monoisotopic (exact) mass is 285 g/mol. The SMILES string of the molecule is CCCCn1nnnc1COC(=O)c1cccc(C#N)c1. The zero-order chi connectivity index (χ0) is 15.1. The number of hydrogen-bond acceptors (Lipinski definition) is 6. The Morgan fingerprint density at radius 3 is 3.10 bits per heavy atom. The van der Waals surface area contributed by atoms with E-state index in [1.807, 2.05) is 6.07 Å². The molecule has 1 heterocycles. The van der Waals surface area contributed by atoms with Crippen molar-refractivity contribution in [2.24, 2.45) is 0 Å². The third-order valence-electron chi connectivity index (χ3n) is 2.89. The zero-order valence-corrected chi connectivity index (χ0v) is 11.7. The summed E-state index contributed by atoms with van der Waals surface area (Å²) in [5.74, 6) is 0.00498. The number of aryl methyl sites for hydroxylation is 1. The molecular weight excluding hydrogens is 270 g/mol. The molecule has 0 amide bonds. The molecule has 0 spiro atoms. The van der Waals surface area contributed by atoms with Crippen molar-refractivity contribution >= 4 is 5.97 Å². The maximum absolute atomic E-state index is 11.9. The van der Waals surface area contributed by atoms with Crippen LogP contribution in [0.3, 0.4) is 0 Å². The van der Waals surface area contributed by atoms with Gasteiger partial charge in [0.05, 0.1) is 17.2 Å². The van der Waals surface area contributed by atoms with Crippen molar-refractivity contribution in [2.75, 3.05) is 0 Å². The van der Waals surface area contributed by atoms with Crippen LogP contribution in [-0.4, -0.2) is 26.2 Å². The van der Waals surface area contributed by atoms with Crippen molar-refractivity contribution in [2.45, 2.75) is 32.9 Å². The number of aromatic nitrogens is 4. The van der Waals surface area contributed by atoms with Crippen molar-refractivity contribution in [1.82, 2.24) is 20.2 Å². The largest absolute Gasteiger partial charge is 0.454 e. The molecule has 2 rings (SSSR count). The van der Waals surface area contributed by atoms with E-state index in [-0.39, 0.29) is 6.61 Å². The third kappa shape index (κ3) is 3.86. The number of carbonyl (C=O) groups is 1. The molecule has 7 nitrogen and oxygen atoms in total. The molecule has 7 heteroatoms. The van der Waals surface area contributed by atoms with E-state index in [1.54, 1.807) is 22.9 Å². The lowest BCUT2D eigenvalue weighted by Crippen LogP contribution is -2.11. The van der Waals surface area contributed by atoms with Gasteiger partial charge in [-0.05, 0) is 35.0 Å². The average Bonchev–Trinajstić information content (AvgIpc) is 2.98. The van der Waals surface area contributed by atoms with Gasteiger partial charge in [0, 0.05) is 6.54 Å². The Morgan fingerprint density at radius 1 is 1.48 bits per heavy atom. The van der Waals surface area contributed by atoms with Crippen molar-refractivity contribution < 1.29 is 9.53 Å². The number of unbranched alkanes of at least 4 members (excludes halogenated alkanes) is 1. The second kappa shape index (κ2) is 7.14. The van der Waals surface area contributed by atoms with Crippen molar-refractivity contribution in [3.05, 3.63) is 41.2 Å². The second-order valence-corrected chi connectivity index (χ2v) is 4.44. The molecule has 1 aromatic carbocycles. The molecule has 108 valence electrons. The van der Waals surface area contributed by atoms with Crippen LogP contribution in [0.4, 0.5) is 0 Å². The standard InChI is InChI=1S/C14H15N5O2/c1-2-3-7-19-13(16-17-18-19)10-21-14(20)12-6-4-5-11(8-12)9-15/h4-6,8H,2-3,7,10H2,1H3. The Hall–Kier alpha value is -2.75. The molecule has 0 fully saturated rings. The number of nitrogens with zero attached hydrogens (tertiary/aromatic N) is 5. The molecule has 0 aliphatic carbocycles. The summed E-state index contributed by atoms with van der Waals surface area (Å²) in [5, 5.41) is 20.1. The van der Waals surface area contributed by atoms with Gasteiger partial charge >= 0.3 is 5.97 Å². The number of rotatable bonds is 6. The molecule has 0 aliphatic rings. The van der Waals surface area contributed by atoms with Gasteiger partial charge in [0.2, 0.25) is 0 Å². The van der Waals surface area contributed by atoms with Crippen LogP contribution >= 0.6 is 0 Å². The summed E-state index contributed by atoms with van der Waals surface area (Å²) in [6.45, 7) is 2.78. The number of tetrazole rings is 1. The van der Waals surface area contributed by atoms with E-state index >= 15 is 0 Å². The van der Waals surface area contributed by atoms with Gasteiger partial charge in [-0.2, -0.15) is 5.26 Å². The summed E-state index contributed by atoms with van der Waals surface area (Å²) in [5.41, 5.74) is 0.749. The first-order valence-electron chi connectivity index (χ1n) is 6.67. The Kier molecular flexibility index (Phi) is 4.99. The smallest absolute Gasteiger partial charge is 0.338 e. The fourth-order valence-corrected chi connectivity index (χ4v) is 1.74. The molecule has 2 aromatic rings. The van der Waals surface area contributed by atoms with E-state index < -0.39 is 5.97 Å². The van der Waals surface area contributed by atoms with Crippen LogP contribution in [0.1, 0.15) is 41.5 Å². The molecule has 0 atom stereocenters. The molecule has 0 radical (unpaired) electrons. The van der Waals surface area contributed by atoms with E-state index in [4.69, 9.17) is 10.00 Å². The lowest BCUT2D eigenvalue weighted by Gasteiger charge is -2.05. The highest BCUT2D eigenvalue weighted by Gasteiger charge is 2.11. The maximum Gasteiger partial charge on any atom is 0.338 e. The Balaban J connectivity index is 1.98. The lowest BCUT2D eigenvalue weighted by molar-refractivity contribution is 0.0456. The minimum Gasteiger partial charge on any atom is -0.454 e. The van der Waals surface area contributed by atoms with E-state index in [2.05, 4.69) is 22.4 Å². The normalized spacial score (nSPS) is 10.1. The quantitative estimate of drug-likeness (QED) is 0.750. The van der Waals surface area contributed by atoms with Crippen LogP contribution in [0, 0.1) is 11.3 Å². The number of carbonyl (C=O) groups excluding carboxylic acids is 1. The topological polar surface area (TPSA) is 93.7 Å². The van der Waals surface area contributed by atoms with E-state index in [0.717, 1.165) is 12.8 Å². The summed E-state index contributed by atoms with van der Waals surface area (Å²) in [6.07, 6.45) is 1.98. The minimum atomic E-state index is -0.503. The minimum absolute atomic E-state index is 0.00628. The fraction of sp³-hybridized carbons (Fsp3) is 0.357. The van der Waals surface area contributed by atoms with Crippen LogP contribution < -0.4 is 0 Å². The van der Waals surface area contributed by atoms with Gasteiger partial charge in [0.25, 0.3) is 0 Å². The predicted molar refractivity (Wildman–Crippen MR) is 73.0 cm³/mol. The predicted octanol–water partition coefficient (Wildman–Crippen LogP) is 1.70. The van der Waals surface area contributed by atoms with Gasteiger partial charge in [-0.1, -0.05) is 19.4 Å². The van der Waals surface area contributed by atoms with Crippen LogP contribution in [0.25, 0.3) is 0 Å². The van der Waals surface area contributed by atoms with E-state index in [0.29, 0.717) is 23.5 Å². The van der Waals surface area contributed by atoms with Crippen molar-refractivity contribution in [3.8, 4) is 6.07 Å². The second-order valence-electron chi connectivity index (χ2n) is 4.44. The van der Waals surface area contributed by atoms with E-state index in [1.165, 1.54) is 6.07 Å².